The first-order chi connectivity index (χ1) is 29.5. The van der Waals surface area contributed by atoms with Crippen LogP contribution in [0, 0.1) is 0 Å². The molecular weight excluding hydrogens is 725 g/mol. The fraction of sp³-hybridized carbons (Fsp3) is 0.0508. The van der Waals surface area contributed by atoms with Crippen molar-refractivity contribution in [2.24, 2.45) is 0 Å². The van der Waals surface area contributed by atoms with Gasteiger partial charge in [0.2, 0.25) is 0 Å². The molecule has 0 aliphatic heterocycles. The van der Waals surface area contributed by atoms with Gasteiger partial charge in [-0.15, -0.1) is 0 Å². The standard InChI is InChI=1S/C59H36O/c1-59(2)52-27-20-33-9-3-4-10-40(33)58(52)47-26-19-37(30-53(47)59)39-23-16-35-17-24-45-38(22-15-34-18-25-46(39)57(35)56(34)45)36-21-28-54-50(29-36)51-31-48-43-13-7-5-11-41(43)42-12-6-8-14-44(42)49(48)32-55(51)60-54/h3-32H,1-2H3. The summed E-state index contributed by atoms with van der Waals surface area (Å²) in [6.45, 7) is 4.77. The second-order valence-electron chi connectivity index (χ2n) is 17.5. The van der Waals surface area contributed by atoms with E-state index in [2.05, 4.69) is 196 Å². The fourth-order valence-electron chi connectivity index (χ4n) is 11.3. The zero-order valence-electron chi connectivity index (χ0n) is 33.2. The molecule has 13 aromatic rings. The van der Waals surface area contributed by atoms with E-state index in [0.29, 0.717) is 0 Å². The van der Waals surface area contributed by atoms with Gasteiger partial charge in [-0.2, -0.15) is 0 Å². The Kier molecular flexibility index (Phi) is 6.16. The van der Waals surface area contributed by atoms with E-state index < -0.39 is 0 Å². The van der Waals surface area contributed by atoms with Crippen molar-refractivity contribution in [2.75, 3.05) is 0 Å². The Morgan fingerprint density at radius 3 is 1.52 bits per heavy atom. The first-order valence-electron chi connectivity index (χ1n) is 21.1. The van der Waals surface area contributed by atoms with E-state index in [9.17, 15) is 0 Å². The first-order valence-corrected chi connectivity index (χ1v) is 21.1. The SMILES string of the molecule is CC1(C)c2cc(-c3ccc4ccc5c(-c6ccc7oc8cc9c%10ccccc%10c%10ccccc%10c9cc8c7c6)ccc6ccc3c4c65)ccc2-c2c1ccc1ccccc21. The minimum absolute atomic E-state index is 0.0971. The molecule has 278 valence electrons. The van der Waals surface area contributed by atoms with Crippen LogP contribution in [0.5, 0.6) is 0 Å². The largest absolute Gasteiger partial charge is 0.456 e. The Balaban J connectivity index is 0.949. The molecule has 1 aromatic heterocycles. The molecule has 1 aliphatic rings. The van der Waals surface area contributed by atoms with Gasteiger partial charge in [0.1, 0.15) is 11.2 Å². The molecule has 0 radical (unpaired) electrons. The molecule has 60 heavy (non-hydrogen) atoms. The van der Waals surface area contributed by atoms with Crippen LogP contribution in [-0.2, 0) is 5.41 Å². The molecule has 14 rings (SSSR count). The van der Waals surface area contributed by atoms with Gasteiger partial charge >= 0.3 is 0 Å². The van der Waals surface area contributed by atoms with Crippen LogP contribution in [0.3, 0.4) is 0 Å². The van der Waals surface area contributed by atoms with Gasteiger partial charge in [-0.05, 0) is 150 Å². The van der Waals surface area contributed by atoms with Crippen molar-refractivity contribution in [2.45, 2.75) is 19.3 Å². The molecule has 0 amide bonds. The Bertz CT molecular complexity index is 4030. The zero-order valence-corrected chi connectivity index (χ0v) is 33.2. The third-order valence-corrected chi connectivity index (χ3v) is 14.2. The van der Waals surface area contributed by atoms with Crippen LogP contribution < -0.4 is 0 Å². The van der Waals surface area contributed by atoms with Crippen molar-refractivity contribution in [1.82, 2.24) is 0 Å². The highest BCUT2D eigenvalue weighted by Crippen LogP contribution is 2.53. The minimum Gasteiger partial charge on any atom is -0.456 e. The van der Waals surface area contributed by atoms with Crippen LogP contribution in [0.25, 0.3) is 131 Å². The topological polar surface area (TPSA) is 13.1 Å². The molecule has 1 heterocycles. The molecule has 0 saturated carbocycles. The van der Waals surface area contributed by atoms with Gasteiger partial charge in [0.15, 0.2) is 0 Å². The molecule has 12 aromatic carbocycles. The monoisotopic (exact) mass is 760 g/mol. The summed E-state index contributed by atoms with van der Waals surface area (Å²) < 4.78 is 6.63. The van der Waals surface area contributed by atoms with E-state index in [1.807, 2.05) is 0 Å². The van der Waals surface area contributed by atoms with Crippen molar-refractivity contribution >= 4 is 97.3 Å². The zero-order chi connectivity index (χ0) is 39.4. The van der Waals surface area contributed by atoms with E-state index >= 15 is 0 Å². The molecule has 1 aliphatic carbocycles. The van der Waals surface area contributed by atoms with Gasteiger partial charge in [-0.3, -0.25) is 0 Å². The Morgan fingerprint density at radius 1 is 0.317 bits per heavy atom. The first kappa shape index (κ1) is 32.5. The predicted molar refractivity (Wildman–Crippen MR) is 256 cm³/mol. The summed E-state index contributed by atoms with van der Waals surface area (Å²) in [6.07, 6.45) is 0. The van der Waals surface area contributed by atoms with Crippen LogP contribution in [0.2, 0.25) is 0 Å². The molecule has 0 spiro atoms. The Morgan fingerprint density at radius 2 is 0.833 bits per heavy atom. The molecule has 0 unspecified atom stereocenters. The van der Waals surface area contributed by atoms with Crippen LogP contribution >= 0.6 is 0 Å². The molecular formula is C59H36O. The lowest BCUT2D eigenvalue weighted by atomic mass is 9.81. The number of furan rings is 1. The third-order valence-electron chi connectivity index (χ3n) is 14.2. The van der Waals surface area contributed by atoms with Gasteiger partial charge < -0.3 is 4.42 Å². The quantitative estimate of drug-likeness (QED) is 0.160. The summed E-state index contributed by atoms with van der Waals surface area (Å²) in [5.74, 6) is 0. The van der Waals surface area contributed by atoms with Crippen LogP contribution in [-0.4, -0.2) is 0 Å². The lowest BCUT2D eigenvalue weighted by molar-refractivity contribution is 0.661. The van der Waals surface area contributed by atoms with E-state index in [-0.39, 0.29) is 5.41 Å². The molecule has 0 saturated heterocycles. The highest BCUT2D eigenvalue weighted by Gasteiger charge is 2.36. The summed E-state index contributed by atoms with van der Waals surface area (Å²) in [4.78, 5) is 0. The maximum atomic E-state index is 6.63. The second kappa shape index (κ2) is 11.4. The average molecular weight is 761 g/mol. The van der Waals surface area contributed by atoms with Gasteiger partial charge in [0.25, 0.3) is 0 Å². The summed E-state index contributed by atoms with van der Waals surface area (Å²) in [5, 5.41) is 20.3. The summed E-state index contributed by atoms with van der Waals surface area (Å²) >= 11 is 0. The normalized spacial score (nSPS) is 13.6. The second-order valence-corrected chi connectivity index (χ2v) is 17.5. The predicted octanol–water partition coefficient (Wildman–Crippen LogP) is 16.7. The molecule has 0 atom stereocenters. The number of hydrogen-bond acceptors (Lipinski definition) is 1. The third kappa shape index (κ3) is 4.16. The van der Waals surface area contributed by atoms with Crippen molar-refractivity contribution < 1.29 is 4.42 Å². The molecule has 0 bridgehead atoms. The molecule has 0 fully saturated rings. The summed E-state index contributed by atoms with van der Waals surface area (Å²) in [6, 6.07) is 68.2. The maximum Gasteiger partial charge on any atom is 0.136 e. The fourth-order valence-corrected chi connectivity index (χ4v) is 11.3. The van der Waals surface area contributed by atoms with Crippen molar-refractivity contribution in [3.63, 3.8) is 0 Å². The van der Waals surface area contributed by atoms with E-state index in [4.69, 9.17) is 4.42 Å². The number of hydrogen-bond donors (Lipinski definition) is 0. The van der Waals surface area contributed by atoms with Crippen molar-refractivity contribution in [3.05, 3.63) is 193 Å². The smallest absolute Gasteiger partial charge is 0.136 e. The molecule has 1 heteroatoms. The summed E-state index contributed by atoms with van der Waals surface area (Å²) in [5.41, 5.74) is 12.3. The molecule has 0 N–H and O–H groups in total. The number of rotatable bonds is 2. The highest BCUT2D eigenvalue weighted by molar-refractivity contribution is 6.30. The highest BCUT2D eigenvalue weighted by atomic mass is 16.3. The van der Waals surface area contributed by atoms with E-state index in [1.165, 1.54) is 120 Å². The van der Waals surface area contributed by atoms with E-state index in [0.717, 1.165) is 21.9 Å². The van der Waals surface area contributed by atoms with Crippen molar-refractivity contribution in [1.29, 1.82) is 0 Å². The Labute approximate surface area is 346 Å². The minimum atomic E-state index is -0.0971. The number of benzene rings is 12. The van der Waals surface area contributed by atoms with Crippen LogP contribution in [0.15, 0.2) is 186 Å². The lowest BCUT2D eigenvalue weighted by Crippen LogP contribution is -2.15. The van der Waals surface area contributed by atoms with Crippen LogP contribution in [0.1, 0.15) is 25.0 Å². The Hall–Kier alpha value is -7.48. The summed E-state index contributed by atoms with van der Waals surface area (Å²) in [7, 11) is 0. The van der Waals surface area contributed by atoms with Gasteiger partial charge in [0, 0.05) is 16.2 Å². The van der Waals surface area contributed by atoms with Gasteiger partial charge in [-0.1, -0.05) is 166 Å². The lowest BCUT2D eigenvalue weighted by Gasteiger charge is -2.22. The van der Waals surface area contributed by atoms with Crippen LogP contribution in [0.4, 0.5) is 0 Å². The average Bonchev–Trinajstić information content (AvgIpc) is 3.77. The van der Waals surface area contributed by atoms with Crippen molar-refractivity contribution in [3.8, 4) is 33.4 Å². The maximum absolute atomic E-state index is 6.63. The van der Waals surface area contributed by atoms with Gasteiger partial charge in [-0.25, -0.2) is 0 Å². The molecule has 1 nitrogen and oxygen atoms in total. The van der Waals surface area contributed by atoms with E-state index in [1.54, 1.807) is 0 Å². The van der Waals surface area contributed by atoms with Gasteiger partial charge in [0.05, 0.1) is 0 Å². The number of fused-ring (bicyclic) bond motifs is 14.